The molecule has 7 heteroatoms. The van der Waals surface area contributed by atoms with Crippen LogP contribution in [0.2, 0.25) is 0 Å². The predicted molar refractivity (Wildman–Crippen MR) is 110 cm³/mol. The van der Waals surface area contributed by atoms with Crippen molar-refractivity contribution in [1.82, 2.24) is 10.6 Å². The first kappa shape index (κ1) is 20.0. The zero-order valence-corrected chi connectivity index (χ0v) is 17.1. The van der Waals surface area contributed by atoms with Gasteiger partial charge in [-0.15, -0.1) is 0 Å². The van der Waals surface area contributed by atoms with Gasteiger partial charge in [0.2, 0.25) is 6.79 Å². The summed E-state index contributed by atoms with van der Waals surface area (Å²) in [5.41, 5.74) is 1.19. The summed E-state index contributed by atoms with van der Waals surface area (Å²) in [7, 11) is -0.705. The normalized spacial score (nSPS) is 23.1. The number of nitrogens with zero attached hydrogens (tertiary/aromatic N) is 1. The standard InChI is InChI=1S/C20H31N3O3S/c1-3-21-20(23-16-6-5-7-17(13-16)27(24)4-2)22-11-10-15-8-9-18-19(12-15)26-14-25-18/h8-9,12,16-17H,3-7,10-11,13-14H2,1-2H3,(H2,21,22,23). The molecule has 1 aliphatic carbocycles. The molecule has 3 rings (SSSR count). The van der Waals surface area contributed by atoms with Gasteiger partial charge in [0.15, 0.2) is 17.5 Å². The molecule has 0 saturated heterocycles. The van der Waals surface area contributed by atoms with Crippen LogP contribution in [0.15, 0.2) is 23.2 Å². The van der Waals surface area contributed by atoms with Gasteiger partial charge in [-0.1, -0.05) is 19.4 Å². The average Bonchev–Trinajstić information content (AvgIpc) is 3.15. The second-order valence-electron chi connectivity index (χ2n) is 7.00. The van der Waals surface area contributed by atoms with Gasteiger partial charge < -0.3 is 20.1 Å². The number of aliphatic imine (C=N–C) groups is 1. The van der Waals surface area contributed by atoms with Gasteiger partial charge in [-0.3, -0.25) is 9.20 Å². The van der Waals surface area contributed by atoms with Crippen LogP contribution in [0.1, 0.15) is 45.1 Å². The minimum Gasteiger partial charge on any atom is -0.454 e. The topological polar surface area (TPSA) is 72.0 Å². The maximum Gasteiger partial charge on any atom is 0.231 e. The molecule has 3 atom stereocenters. The third-order valence-corrected chi connectivity index (χ3v) is 6.82. The largest absolute Gasteiger partial charge is 0.454 e. The van der Waals surface area contributed by atoms with Crippen LogP contribution in [0.5, 0.6) is 11.5 Å². The Kier molecular flexibility index (Phi) is 7.38. The smallest absolute Gasteiger partial charge is 0.231 e. The SMILES string of the molecule is CCNC(=NCCc1ccc2c(c1)OCO2)NC1CCCC(S(=O)CC)C1. The lowest BCUT2D eigenvalue weighted by Gasteiger charge is -2.30. The van der Waals surface area contributed by atoms with Crippen molar-refractivity contribution < 1.29 is 13.7 Å². The van der Waals surface area contributed by atoms with Crippen LogP contribution in [0.4, 0.5) is 0 Å². The molecule has 0 amide bonds. The van der Waals surface area contributed by atoms with Crippen LogP contribution >= 0.6 is 0 Å². The summed E-state index contributed by atoms with van der Waals surface area (Å²) in [5.74, 6) is 3.24. The van der Waals surface area contributed by atoms with Crippen LogP contribution in [0, 0.1) is 0 Å². The zero-order chi connectivity index (χ0) is 19.1. The lowest BCUT2D eigenvalue weighted by molar-refractivity contribution is 0.174. The van der Waals surface area contributed by atoms with E-state index in [0.717, 1.165) is 61.9 Å². The molecule has 0 bridgehead atoms. The molecule has 1 aliphatic heterocycles. The van der Waals surface area contributed by atoms with Crippen LogP contribution in [0.3, 0.4) is 0 Å². The zero-order valence-electron chi connectivity index (χ0n) is 16.3. The minimum atomic E-state index is -0.705. The highest BCUT2D eigenvalue weighted by Crippen LogP contribution is 2.32. The second-order valence-corrected chi connectivity index (χ2v) is 9.00. The fourth-order valence-corrected chi connectivity index (χ4v) is 5.01. The lowest BCUT2D eigenvalue weighted by atomic mass is 9.95. The van der Waals surface area contributed by atoms with E-state index in [4.69, 9.17) is 14.5 Å². The van der Waals surface area contributed by atoms with Crippen LogP contribution in [-0.4, -0.2) is 47.1 Å². The van der Waals surface area contributed by atoms with Crippen molar-refractivity contribution in [2.45, 2.75) is 57.2 Å². The van der Waals surface area contributed by atoms with Gasteiger partial charge in [0, 0.05) is 40.9 Å². The summed E-state index contributed by atoms with van der Waals surface area (Å²) in [4.78, 5) is 4.73. The summed E-state index contributed by atoms with van der Waals surface area (Å²) >= 11 is 0. The quantitative estimate of drug-likeness (QED) is 0.550. The summed E-state index contributed by atoms with van der Waals surface area (Å²) in [6, 6.07) is 6.41. The first-order valence-electron chi connectivity index (χ1n) is 10.00. The fourth-order valence-electron chi connectivity index (χ4n) is 3.66. The van der Waals surface area contributed by atoms with Gasteiger partial charge in [0.05, 0.1) is 0 Å². The van der Waals surface area contributed by atoms with Crippen molar-refractivity contribution in [2.24, 2.45) is 4.99 Å². The summed E-state index contributed by atoms with van der Waals surface area (Å²) in [5, 5.41) is 7.21. The molecule has 0 radical (unpaired) electrons. The van der Waals surface area contributed by atoms with Crippen LogP contribution in [0.25, 0.3) is 0 Å². The van der Waals surface area contributed by atoms with E-state index in [0.29, 0.717) is 24.6 Å². The number of hydrogen-bond acceptors (Lipinski definition) is 4. The number of hydrogen-bond donors (Lipinski definition) is 2. The first-order chi connectivity index (χ1) is 13.2. The Bertz CT molecular complexity index is 680. The highest BCUT2D eigenvalue weighted by atomic mass is 32.2. The van der Waals surface area contributed by atoms with E-state index in [1.54, 1.807) is 0 Å². The predicted octanol–water partition coefficient (Wildman–Crippen LogP) is 2.59. The number of benzene rings is 1. The maximum absolute atomic E-state index is 12.2. The second kappa shape index (κ2) is 9.97. The van der Waals surface area contributed by atoms with Crippen molar-refractivity contribution in [2.75, 3.05) is 25.6 Å². The van der Waals surface area contributed by atoms with Crippen molar-refractivity contribution in [3.8, 4) is 11.5 Å². The highest BCUT2D eigenvalue weighted by molar-refractivity contribution is 7.85. The summed E-state index contributed by atoms with van der Waals surface area (Å²) in [6.45, 7) is 5.91. The Morgan fingerprint density at radius 1 is 1.26 bits per heavy atom. The molecule has 1 aromatic rings. The molecule has 0 aromatic heterocycles. The molecule has 3 unspecified atom stereocenters. The molecule has 27 heavy (non-hydrogen) atoms. The number of nitrogens with one attached hydrogen (secondary N) is 2. The van der Waals surface area contributed by atoms with Crippen LogP contribution < -0.4 is 20.1 Å². The Labute approximate surface area is 164 Å². The van der Waals surface area contributed by atoms with E-state index in [2.05, 4.69) is 23.6 Å². The Hall–Kier alpha value is -1.76. The van der Waals surface area contributed by atoms with Crippen molar-refractivity contribution in [1.29, 1.82) is 0 Å². The van der Waals surface area contributed by atoms with Gasteiger partial charge in [0.1, 0.15) is 0 Å². The van der Waals surface area contributed by atoms with E-state index < -0.39 is 10.8 Å². The van der Waals surface area contributed by atoms with Crippen LogP contribution in [-0.2, 0) is 17.2 Å². The first-order valence-corrected chi connectivity index (χ1v) is 11.4. The minimum absolute atomic E-state index is 0.302. The molecular weight excluding hydrogens is 362 g/mol. The van der Waals surface area contributed by atoms with E-state index >= 15 is 0 Å². The Morgan fingerprint density at radius 2 is 2.11 bits per heavy atom. The molecule has 0 spiro atoms. The fraction of sp³-hybridized carbons (Fsp3) is 0.650. The molecular formula is C20H31N3O3S. The monoisotopic (exact) mass is 393 g/mol. The van der Waals surface area contributed by atoms with Crippen molar-refractivity contribution in [3.05, 3.63) is 23.8 Å². The maximum atomic E-state index is 12.2. The van der Waals surface area contributed by atoms with Gasteiger partial charge in [-0.2, -0.15) is 0 Å². The molecule has 2 aliphatic rings. The number of fused-ring (bicyclic) bond motifs is 1. The summed E-state index contributed by atoms with van der Waals surface area (Å²) < 4.78 is 22.9. The molecule has 1 aromatic carbocycles. The summed E-state index contributed by atoms with van der Waals surface area (Å²) in [6.07, 6.45) is 5.14. The third-order valence-electron chi connectivity index (χ3n) is 5.07. The molecule has 1 heterocycles. The van der Waals surface area contributed by atoms with Gasteiger partial charge in [-0.25, -0.2) is 0 Å². The van der Waals surface area contributed by atoms with Gasteiger partial charge in [0.25, 0.3) is 0 Å². The third kappa shape index (κ3) is 5.61. The molecule has 6 nitrogen and oxygen atoms in total. The van der Waals surface area contributed by atoms with Crippen molar-refractivity contribution in [3.63, 3.8) is 0 Å². The molecule has 150 valence electrons. The Morgan fingerprint density at radius 3 is 2.93 bits per heavy atom. The molecule has 2 N–H and O–H groups in total. The van der Waals surface area contributed by atoms with E-state index in [-0.39, 0.29) is 0 Å². The van der Waals surface area contributed by atoms with Crippen molar-refractivity contribution >= 4 is 16.8 Å². The highest BCUT2D eigenvalue weighted by Gasteiger charge is 2.26. The molecule has 1 fully saturated rings. The number of guanidine groups is 1. The average molecular weight is 394 g/mol. The van der Waals surface area contributed by atoms with Gasteiger partial charge >= 0.3 is 0 Å². The molecule has 1 saturated carbocycles. The lowest BCUT2D eigenvalue weighted by Crippen LogP contribution is -2.46. The van der Waals surface area contributed by atoms with E-state index in [9.17, 15) is 4.21 Å². The Balaban J connectivity index is 1.54. The van der Waals surface area contributed by atoms with E-state index in [1.165, 1.54) is 5.56 Å². The number of rotatable bonds is 7. The van der Waals surface area contributed by atoms with E-state index in [1.807, 2.05) is 19.1 Å². The number of ether oxygens (including phenoxy) is 2. The van der Waals surface area contributed by atoms with Gasteiger partial charge in [-0.05, 0) is 50.3 Å².